The third-order valence-corrected chi connectivity index (χ3v) is 7.00. The first-order valence-electron chi connectivity index (χ1n) is 9.27. The Morgan fingerprint density at radius 2 is 1.78 bits per heavy atom. The Morgan fingerprint density at radius 1 is 1.11 bits per heavy atom. The van der Waals surface area contributed by atoms with Gasteiger partial charge in [0.1, 0.15) is 19.5 Å². The number of hydrogen-bond acceptors (Lipinski definition) is 5. The van der Waals surface area contributed by atoms with Crippen LogP contribution in [-0.4, -0.2) is 62.9 Å². The van der Waals surface area contributed by atoms with Gasteiger partial charge >= 0.3 is 0 Å². The molecule has 0 saturated carbocycles. The third-order valence-electron chi connectivity index (χ3n) is 5.09. The van der Waals surface area contributed by atoms with Gasteiger partial charge in [-0.1, -0.05) is 26.0 Å². The summed E-state index contributed by atoms with van der Waals surface area (Å²) in [5.41, 5.74) is 1.13. The van der Waals surface area contributed by atoms with E-state index in [1.165, 1.54) is 10.6 Å². The first-order valence-corrected chi connectivity index (χ1v) is 10.7. The lowest BCUT2D eigenvalue weighted by atomic mass is 9.99. The normalized spacial score (nSPS) is 19.6. The Labute approximate surface area is 160 Å². The molecule has 0 N–H and O–H groups in total. The summed E-state index contributed by atoms with van der Waals surface area (Å²) in [4.78, 5) is 14.3. The zero-order chi connectivity index (χ0) is 19.4. The number of amides is 1. The molecule has 1 saturated heterocycles. The van der Waals surface area contributed by atoms with Gasteiger partial charge in [-0.25, -0.2) is 8.42 Å². The highest BCUT2D eigenvalue weighted by atomic mass is 32.2. The van der Waals surface area contributed by atoms with Crippen LogP contribution in [0.1, 0.15) is 31.7 Å². The molecule has 8 heteroatoms. The number of rotatable bonds is 5. The number of carbonyl (C=O) groups is 1. The SMILES string of the molecule is CC[C@H](C)c1ccc(S(=O)(=O)N2CCN(C(=O)C3=COCCO3)CC2)cc1. The van der Waals surface area contributed by atoms with Gasteiger partial charge in [0.15, 0.2) is 0 Å². The van der Waals surface area contributed by atoms with Crippen molar-refractivity contribution < 1.29 is 22.7 Å². The van der Waals surface area contributed by atoms with E-state index in [4.69, 9.17) is 9.47 Å². The highest BCUT2D eigenvalue weighted by Crippen LogP contribution is 2.23. The number of nitrogens with zero attached hydrogens (tertiary/aromatic N) is 2. The van der Waals surface area contributed by atoms with E-state index in [1.807, 2.05) is 12.1 Å². The molecule has 0 bridgehead atoms. The van der Waals surface area contributed by atoms with Crippen LogP contribution in [0.4, 0.5) is 0 Å². The van der Waals surface area contributed by atoms with Gasteiger partial charge in [0.2, 0.25) is 15.8 Å². The van der Waals surface area contributed by atoms with E-state index in [1.54, 1.807) is 17.0 Å². The summed E-state index contributed by atoms with van der Waals surface area (Å²) in [5.74, 6) is 0.319. The summed E-state index contributed by atoms with van der Waals surface area (Å²) in [5, 5.41) is 0. The summed E-state index contributed by atoms with van der Waals surface area (Å²) < 4.78 is 37.6. The number of benzene rings is 1. The maximum atomic E-state index is 12.9. The predicted octanol–water partition coefficient (Wildman–Crippen LogP) is 1.92. The van der Waals surface area contributed by atoms with Crippen LogP contribution in [0.3, 0.4) is 0 Å². The maximum Gasteiger partial charge on any atom is 0.292 e. The summed E-state index contributed by atoms with van der Waals surface area (Å²) >= 11 is 0. The summed E-state index contributed by atoms with van der Waals surface area (Å²) in [6.07, 6.45) is 2.33. The van der Waals surface area contributed by atoms with Crippen molar-refractivity contribution in [1.82, 2.24) is 9.21 Å². The zero-order valence-electron chi connectivity index (χ0n) is 15.8. The second-order valence-electron chi connectivity index (χ2n) is 6.78. The Morgan fingerprint density at radius 3 is 2.33 bits per heavy atom. The lowest BCUT2D eigenvalue weighted by Gasteiger charge is -2.34. The van der Waals surface area contributed by atoms with Gasteiger partial charge in [0.25, 0.3) is 5.91 Å². The van der Waals surface area contributed by atoms with Crippen molar-refractivity contribution in [2.75, 3.05) is 39.4 Å². The van der Waals surface area contributed by atoms with Crippen molar-refractivity contribution in [2.24, 2.45) is 0 Å². The number of carbonyl (C=O) groups excluding carboxylic acids is 1. The molecular formula is C19H26N2O5S. The summed E-state index contributed by atoms with van der Waals surface area (Å²) in [7, 11) is -3.56. The van der Waals surface area contributed by atoms with Crippen molar-refractivity contribution in [2.45, 2.75) is 31.1 Å². The molecule has 0 spiro atoms. The Kier molecular flexibility index (Phi) is 6.06. The molecule has 148 valence electrons. The molecule has 0 radical (unpaired) electrons. The molecule has 2 heterocycles. The average Bonchev–Trinajstić information content (AvgIpc) is 2.73. The standard InChI is InChI=1S/C19H26N2O5S/c1-3-15(2)16-4-6-17(7-5-16)27(23,24)21-10-8-20(9-11-21)19(22)18-14-25-12-13-26-18/h4-7,14-15H,3,8-13H2,1-2H3/t15-/m0/s1. The van der Waals surface area contributed by atoms with E-state index in [0.717, 1.165) is 12.0 Å². The lowest BCUT2D eigenvalue weighted by molar-refractivity contribution is -0.133. The van der Waals surface area contributed by atoms with Crippen LogP contribution in [0.25, 0.3) is 0 Å². The van der Waals surface area contributed by atoms with Crippen LogP contribution in [0.5, 0.6) is 0 Å². The monoisotopic (exact) mass is 394 g/mol. The number of piperazine rings is 1. The van der Waals surface area contributed by atoms with Crippen LogP contribution in [0.15, 0.2) is 41.2 Å². The minimum Gasteiger partial charge on any atom is -0.494 e. The van der Waals surface area contributed by atoms with Crippen molar-refractivity contribution in [3.05, 3.63) is 41.9 Å². The van der Waals surface area contributed by atoms with Gasteiger partial charge in [-0.15, -0.1) is 0 Å². The van der Waals surface area contributed by atoms with Gasteiger partial charge in [0, 0.05) is 26.2 Å². The number of ether oxygens (including phenoxy) is 2. The largest absolute Gasteiger partial charge is 0.494 e. The summed E-state index contributed by atoms with van der Waals surface area (Å²) in [6, 6.07) is 7.11. The molecule has 0 aromatic heterocycles. The Hall–Kier alpha value is -2.06. The molecule has 1 aromatic rings. The first-order chi connectivity index (χ1) is 12.9. The maximum absolute atomic E-state index is 12.9. The molecule has 1 fully saturated rings. The van der Waals surface area contributed by atoms with Gasteiger partial charge in [0.05, 0.1) is 4.90 Å². The fourth-order valence-electron chi connectivity index (χ4n) is 3.12. The zero-order valence-corrected chi connectivity index (χ0v) is 16.6. The van der Waals surface area contributed by atoms with Crippen molar-refractivity contribution >= 4 is 15.9 Å². The molecule has 1 atom stereocenters. The van der Waals surface area contributed by atoms with Crippen LogP contribution >= 0.6 is 0 Å². The van der Waals surface area contributed by atoms with E-state index in [2.05, 4.69) is 13.8 Å². The van der Waals surface area contributed by atoms with Crippen molar-refractivity contribution in [1.29, 1.82) is 0 Å². The molecule has 1 aromatic carbocycles. The van der Waals surface area contributed by atoms with Gasteiger partial charge in [-0.3, -0.25) is 4.79 Å². The van der Waals surface area contributed by atoms with Crippen molar-refractivity contribution in [3.8, 4) is 0 Å². The van der Waals surface area contributed by atoms with Crippen LogP contribution in [-0.2, 0) is 24.3 Å². The number of hydrogen-bond donors (Lipinski definition) is 0. The van der Waals surface area contributed by atoms with E-state index in [9.17, 15) is 13.2 Å². The minimum absolute atomic E-state index is 0.179. The van der Waals surface area contributed by atoms with Gasteiger partial charge in [-0.2, -0.15) is 4.31 Å². The third kappa shape index (κ3) is 4.27. The van der Waals surface area contributed by atoms with Gasteiger partial charge in [-0.05, 0) is 30.0 Å². The lowest BCUT2D eigenvalue weighted by Crippen LogP contribution is -2.51. The van der Waals surface area contributed by atoms with E-state index in [0.29, 0.717) is 37.1 Å². The van der Waals surface area contributed by atoms with Gasteiger partial charge < -0.3 is 14.4 Å². The topological polar surface area (TPSA) is 76.2 Å². The Balaban J connectivity index is 1.64. The molecule has 3 rings (SSSR count). The molecular weight excluding hydrogens is 368 g/mol. The van der Waals surface area contributed by atoms with Crippen molar-refractivity contribution in [3.63, 3.8) is 0 Å². The highest BCUT2D eigenvalue weighted by molar-refractivity contribution is 7.89. The van der Waals surface area contributed by atoms with Crippen LogP contribution in [0, 0.1) is 0 Å². The molecule has 2 aliphatic heterocycles. The van der Waals surface area contributed by atoms with E-state index >= 15 is 0 Å². The molecule has 2 aliphatic rings. The molecule has 7 nitrogen and oxygen atoms in total. The minimum atomic E-state index is -3.56. The predicted molar refractivity (Wildman–Crippen MR) is 100 cm³/mol. The van der Waals surface area contributed by atoms with E-state index < -0.39 is 10.0 Å². The molecule has 1 amide bonds. The molecule has 0 unspecified atom stereocenters. The fraction of sp³-hybridized carbons (Fsp3) is 0.526. The second kappa shape index (κ2) is 8.31. The fourth-order valence-corrected chi connectivity index (χ4v) is 4.54. The van der Waals surface area contributed by atoms with Crippen LogP contribution in [0.2, 0.25) is 0 Å². The van der Waals surface area contributed by atoms with E-state index in [-0.39, 0.29) is 24.8 Å². The number of sulfonamides is 1. The molecule has 27 heavy (non-hydrogen) atoms. The second-order valence-corrected chi connectivity index (χ2v) is 8.71. The smallest absolute Gasteiger partial charge is 0.292 e. The Bertz CT molecular complexity index is 796. The quantitative estimate of drug-likeness (QED) is 0.763. The summed E-state index contributed by atoms with van der Waals surface area (Å²) in [6.45, 7) is 6.17. The molecule has 0 aliphatic carbocycles. The first kappa shape index (κ1) is 19.7. The average molecular weight is 394 g/mol. The van der Waals surface area contributed by atoms with Crippen LogP contribution < -0.4 is 0 Å². The highest BCUT2D eigenvalue weighted by Gasteiger charge is 2.32.